The number of rotatable bonds is 14. The van der Waals surface area contributed by atoms with Crippen molar-refractivity contribution in [2.24, 2.45) is 11.8 Å². The molecule has 0 saturated heterocycles. The predicted octanol–water partition coefficient (Wildman–Crippen LogP) is 4.17. The lowest BCUT2D eigenvalue weighted by Gasteiger charge is -2.17. The van der Waals surface area contributed by atoms with Gasteiger partial charge >= 0.3 is 17.9 Å². The summed E-state index contributed by atoms with van der Waals surface area (Å²) in [7, 11) is 0. The van der Waals surface area contributed by atoms with Crippen LogP contribution < -0.4 is 0 Å². The van der Waals surface area contributed by atoms with Gasteiger partial charge in [-0.1, -0.05) is 47.5 Å². The van der Waals surface area contributed by atoms with E-state index in [1.54, 1.807) is 13.8 Å². The van der Waals surface area contributed by atoms with Crippen molar-refractivity contribution in [2.75, 3.05) is 13.2 Å². The fourth-order valence-corrected chi connectivity index (χ4v) is 2.26. The highest BCUT2D eigenvalue weighted by atomic mass is 16.5. The summed E-state index contributed by atoms with van der Waals surface area (Å²) in [5.41, 5.74) is 0. The van der Waals surface area contributed by atoms with Gasteiger partial charge in [0.25, 0.3) is 0 Å². The van der Waals surface area contributed by atoms with Crippen molar-refractivity contribution in [1.82, 2.24) is 0 Å². The molecule has 0 rings (SSSR count). The Balaban J connectivity index is 0. The number of carbonyl (C=O) groups is 4. The van der Waals surface area contributed by atoms with Crippen molar-refractivity contribution in [1.29, 1.82) is 0 Å². The smallest absolute Gasteiger partial charge is 0.313 e. The Hall–Kier alpha value is -1.92. The summed E-state index contributed by atoms with van der Waals surface area (Å²) >= 11 is 0. The first-order chi connectivity index (χ1) is 13.2. The van der Waals surface area contributed by atoms with Gasteiger partial charge in [-0.2, -0.15) is 0 Å². The van der Waals surface area contributed by atoms with Crippen LogP contribution in [0.15, 0.2) is 0 Å². The van der Waals surface area contributed by atoms with Gasteiger partial charge in [-0.25, -0.2) is 0 Å². The van der Waals surface area contributed by atoms with Crippen molar-refractivity contribution in [2.45, 2.75) is 86.0 Å². The maximum Gasteiger partial charge on any atom is 0.313 e. The molecule has 0 bridgehead atoms. The lowest BCUT2D eigenvalue weighted by Crippen LogP contribution is -2.28. The minimum absolute atomic E-state index is 0.0241. The van der Waals surface area contributed by atoms with Crippen LogP contribution in [0.1, 0.15) is 86.0 Å². The lowest BCUT2D eigenvalue weighted by atomic mass is 9.92. The Morgan fingerprint density at radius 3 is 1.82 bits per heavy atom. The Morgan fingerprint density at radius 1 is 0.857 bits per heavy atom. The molecule has 0 aromatic carbocycles. The molecule has 164 valence electrons. The van der Waals surface area contributed by atoms with Gasteiger partial charge in [0, 0.05) is 6.42 Å². The molecule has 0 fully saturated rings. The molecular formula is C21H38O7. The van der Waals surface area contributed by atoms with Crippen LogP contribution in [-0.4, -0.2) is 42.0 Å². The van der Waals surface area contributed by atoms with Gasteiger partial charge in [0.05, 0.1) is 25.0 Å². The monoisotopic (exact) mass is 402 g/mol. The summed E-state index contributed by atoms with van der Waals surface area (Å²) in [4.78, 5) is 44.2. The predicted molar refractivity (Wildman–Crippen MR) is 107 cm³/mol. The van der Waals surface area contributed by atoms with Gasteiger partial charge in [-0.15, -0.1) is 0 Å². The molecule has 0 aromatic heterocycles. The summed E-state index contributed by atoms with van der Waals surface area (Å²) in [5, 5.41) is 8.86. The Kier molecular flexibility index (Phi) is 18.6. The first kappa shape index (κ1) is 28.3. The van der Waals surface area contributed by atoms with E-state index in [9.17, 15) is 19.2 Å². The highest BCUT2D eigenvalue weighted by Crippen LogP contribution is 2.17. The van der Waals surface area contributed by atoms with E-state index in [4.69, 9.17) is 14.6 Å². The van der Waals surface area contributed by atoms with E-state index in [-0.39, 0.29) is 18.2 Å². The molecule has 7 heteroatoms. The maximum absolute atomic E-state index is 11.4. The minimum atomic E-state index is -0.933. The second-order valence-electron chi connectivity index (χ2n) is 6.70. The lowest BCUT2D eigenvalue weighted by molar-refractivity contribution is -0.157. The molecular weight excluding hydrogens is 364 g/mol. The fraction of sp³-hybridized carbons (Fsp3) is 0.810. The van der Waals surface area contributed by atoms with Crippen LogP contribution in [0.25, 0.3) is 0 Å². The molecule has 2 unspecified atom stereocenters. The summed E-state index contributed by atoms with van der Waals surface area (Å²) in [5.74, 6) is -2.95. The molecule has 0 aromatic rings. The molecule has 28 heavy (non-hydrogen) atoms. The summed E-state index contributed by atoms with van der Waals surface area (Å²) in [6.45, 7) is 10.1. The third-order valence-electron chi connectivity index (χ3n) is 4.11. The molecule has 0 heterocycles. The van der Waals surface area contributed by atoms with Gasteiger partial charge in [0.1, 0.15) is 12.2 Å². The van der Waals surface area contributed by atoms with E-state index in [0.29, 0.717) is 26.1 Å². The molecule has 0 aliphatic carbocycles. The van der Waals surface area contributed by atoms with Crippen LogP contribution >= 0.6 is 0 Å². The highest BCUT2D eigenvalue weighted by Gasteiger charge is 2.29. The topological polar surface area (TPSA) is 107 Å². The van der Waals surface area contributed by atoms with Crippen LogP contribution in [0.2, 0.25) is 0 Å². The highest BCUT2D eigenvalue weighted by molar-refractivity contribution is 5.95. The zero-order chi connectivity index (χ0) is 21.9. The number of unbranched alkanes of at least 4 members (excludes halogenated alkanes) is 2. The van der Waals surface area contributed by atoms with E-state index in [1.807, 2.05) is 20.8 Å². The Morgan fingerprint density at radius 2 is 1.39 bits per heavy atom. The average Bonchev–Trinajstić information content (AvgIpc) is 2.63. The first-order valence-electron chi connectivity index (χ1n) is 10.3. The second-order valence-corrected chi connectivity index (χ2v) is 6.70. The number of carboxylic acids is 1. The molecule has 2 atom stereocenters. The molecule has 0 radical (unpaired) electrons. The number of carboxylic acid groups (broad SMARTS) is 1. The zero-order valence-corrected chi connectivity index (χ0v) is 18.1. The zero-order valence-electron chi connectivity index (χ0n) is 18.1. The number of Topliss-reactive ketones (excluding diaryl/α,β-unsaturated/α-hetero) is 1. The van der Waals surface area contributed by atoms with E-state index >= 15 is 0 Å². The minimum Gasteiger partial charge on any atom is -0.481 e. The van der Waals surface area contributed by atoms with Gasteiger partial charge in [0.2, 0.25) is 0 Å². The number of hydrogen-bond acceptors (Lipinski definition) is 6. The number of ether oxygens (including phenoxy) is 2. The normalized spacial score (nSPS) is 12.2. The summed E-state index contributed by atoms with van der Waals surface area (Å²) in [6.07, 6.45) is 5.30. The van der Waals surface area contributed by atoms with E-state index < -0.39 is 23.8 Å². The van der Waals surface area contributed by atoms with Gasteiger partial charge < -0.3 is 14.6 Å². The fourth-order valence-electron chi connectivity index (χ4n) is 2.26. The molecule has 7 nitrogen and oxygen atoms in total. The number of aliphatic carboxylic acids is 1. The van der Waals surface area contributed by atoms with Gasteiger partial charge in [-0.05, 0) is 25.7 Å². The van der Waals surface area contributed by atoms with Crippen LogP contribution in [0.5, 0.6) is 0 Å². The molecule has 0 spiro atoms. The summed E-state index contributed by atoms with van der Waals surface area (Å²) in [6, 6.07) is 0. The van der Waals surface area contributed by atoms with Crippen molar-refractivity contribution in [3.63, 3.8) is 0 Å². The van der Waals surface area contributed by atoms with Gasteiger partial charge in [0.15, 0.2) is 0 Å². The van der Waals surface area contributed by atoms with Gasteiger partial charge in [-0.3, -0.25) is 19.2 Å². The molecule has 0 amide bonds. The molecule has 0 saturated carbocycles. The van der Waals surface area contributed by atoms with Crippen LogP contribution in [0.4, 0.5) is 0 Å². The van der Waals surface area contributed by atoms with Crippen LogP contribution in [0, 0.1) is 11.8 Å². The second kappa shape index (κ2) is 18.4. The SMILES string of the molecule is CCCCOC(=O)C(C)C(CC)C(=O)O.CCCCOC(=O)CC(=O)CCC. The Bertz CT molecular complexity index is 460. The number of ketones is 1. The molecule has 1 N–H and O–H groups in total. The quantitative estimate of drug-likeness (QED) is 0.264. The largest absolute Gasteiger partial charge is 0.481 e. The Labute approximate surface area is 169 Å². The van der Waals surface area contributed by atoms with E-state index in [0.717, 1.165) is 32.1 Å². The third-order valence-corrected chi connectivity index (χ3v) is 4.11. The maximum atomic E-state index is 11.4. The first-order valence-corrected chi connectivity index (χ1v) is 10.3. The van der Waals surface area contributed by atoms with Crippen LogP contribution in [0.3, 0.4) is 0 Å². The summed E-state index contributed by atoms with van der Waals surface area (Å²) < 4.78 is 9.81. The van der Waals surface area contributed by atoms with Crippen molar-refractivity contribution >= 4 is 23.7 Å². The average molecular weight is 403 g/mol. The van der Waals surface area contributed by atoms with Crippen molar-refractivity contribution in [3.05, 3.63) is 0 Å². The standard InChI is InChI=1S/C11H20O4.C10H18O3/c1-4-6-7-15-11(14)8(3)9(5-2)10(12)13;1-3-5-7-13-10(12)8-9(11)6-4-2/h8-9H,4-7H2,1-3H3,(H,12,13);3-8H2,1-2H3. The van der Waals surface area contributed by atoms with Crippen molar-refractivity contribution in [3.8, 4) is 0 Å². The van der Waals surface area contributed by atoms with Crippen molar-refractivity contribution < 1.29 is 33.8 Å². The number of carbonyl (C=O) groups excluding carboxylic acids is 3. The van der Waals surface area contributed by atoms with E-state index in [2.05, 4.69) is 0 Å². The van der Waals surface area contributed by atoms with E-state index in [1.165, 1.54) is 0 Å². The van der Waals surface area contributed by atoms with Crippen LogP contribution in [-0.2, 0) is 28.7 Å². The molecule has 0 aliphatic heterocycles. The number of esters is 2. The number of hydrogen-bond donors (Lipinski definition) is 1. The molecule has 0 aliphatic rings. The third kappa shape index (κ3) is 15.2.